The topological polar surface area (TPSA) is 34.1 Å². The third-order valence-corrected chi connectivity index (χ3v) is 4.02. The summed E-state index contributed by atoms with van der Waals surface area (Å²) >= 11 is 0. The van der Waals surface area contributed by atoms with Gasteiger partial charge in [0.05, 0.1) is 4.90 Å². The highest BCUT2D eigenvalue weighted by Gasteiger charge is 2.24. The molecular weight excluding hydrogens is 220 g/mol. The molecule has 0 amide bonds. The Labute approximate surface area is 88.3 Å². The number of fused-ring (bicyclic) bond motifs is 1. The molecule has 1 unspecified atom stereocenters. The van der Waals surface area contributed by atoms with Crippen LogP contribution in [0.4, 0.5) is 0 Å². The number of benzene rings is 1. The van der Waals surface area contributed by atoms with E-state index in [1.807, 2.05) is 6.07 Å². The fraction of sp³-hybridized carbons (Fsp3) is 0.400. The summed E-state index contributed by atoms with van der Waals surface area (Å²) in [4.78, 5) is 0.293. The molecule has 1 aliphatic carbocycles. The van der Waals surface area contributed by atoms with E-state index in [2.05, 4.69) is 6.92 Å². The fourth-order valence-electron chi connectivity index (χ4n) is 2.06. The van der Waals surface area contributed by atoms with Gasteiger partial charge in [0, 0.05) is 10.7 Å². The van der Waals surface area contributed by atoms with Crippen molar-refractivity contribution in [3.63, 3.8) is 0 Å². The minimum absolute atomic E-state index is 0.293. The molecule has 0 heterocycles. The van der Waals surface area contributed by atoms with Gasteiger partial charge in [0.25, 0.3) is 9.05 Å². The van der Waals surface area contributed by atoms with E-state index in [0.29, 0.717) is 10.8 Å². The predicted molar refractivity (Wildman–Crippen MR) is 56.1 cm³/mol. The maximum Gasteiger partial charge on any atom is 0.261 e. The average molecular weight is 231 g/mol. The maximum atomic E-state index is 11.3. The molecule has 1 aliphatic rings. The van der Waals surface area contributed by atoms with Crippen molar-refractivity contribution in [3.8, 4) is 0 Å². The molecule has 0 aromatic heterocycles. The van der Waals surface area contributed by atoms with E-state index in [0.717, 1.165) is 24.0 Å². The Kier molecular flexibility index (Phi) is 2.32. The molecule has 0 saturated carbocycles. The molecule has 0 N–H and O–H groups in total. The number of hydrogen-bond acceptors (Lipinski definition) is 2. The Balaban J connectivity index is 2.62. The Morgan fingerprint density at radius 1 is 1.36 bits per heavy atom. The second-order valence-electron chi connectivity index (χ2n) is 3.85. The summed E-state index contributed by atoms with van der Waals surface area (Å²) in [5, 5.41) is 0. The zero-order valence-corrected chi connectivity index (χ0v) is 9.40. The van der Waals surface area contributed by atoms with Gasteiger partial charge < -0.3 is 0 Å². The van der Waals surface area contributed by atoms with Crippen molar-refractivity contribution in [1.82, 2.24) is 0 Å². The second kappa shape index (κ2) is 3.24. The molecule has 2 nitrogen and oxygen atoms in total. The van der Waals surface area contributed by atoms with Gasteiger partial charge in [-0.15, -0.1) is 0 Å². The van der Waals surface area contributed by atoms with E-state index in [9.17, 15) is 8.42 Å². The molecule has 2 rings (SSSR count). The van der Waals surface area contributed by atoms with Gasteiger partial charge in [-0.3, -0.25) is 0 Å². The van der Waals surface area contributed by atoms with Crippen LogP contribution < -0.4 is 0 Å². The lowest BCUT2D eigenvalue weighted by Crippen LogP contribution is -1.97. The second-order valence-corrected chi connectivity index (χ2v) is 6.38. The normalized spacial score (nSPS) is 20.9. The molecule has 76 valence electrons. The molecule has 0 aliphatic heterocycles. The van der Waals surface area contributed by atoms with Gasteiger partial charge in [-0.1, -0.05) is 19.1 Å². The van der Waals surface area contributed by atoms with Gasteiger partial charge in [0.2, 0.25) is 0 Å². The lowest BCUT2D eigenvalue weighted by molar-refractivity contribution is 0.605. The first-order chi connectivity index (χ1) is 6.48. The Bertz CT molecular complexity index is 465. The van der Waals surface area contributed by atoms with Crippen LogP contribution in [0, 0.1) is 5.92 Å². The van der Waals surface area contributed by atoms with Crippen LogP contribution in [0.5, 0.6) is 0 Å². The van der Waals surface area contributed by atoms with E-state index in [1.165, 1.54) is 0 Å². The zero-order valence-electron chi connectivity index (χ0n) is 7.83. The molecule has 0 radical (unpaired) electrons. The lowest BCUT2D eigenvalue weighted by atomic mass is 10.1. The third kappa shape index (κ3) is 1.66. The monoisotopic (exact) mass is 230 g/mol. The minimum Gasteiger partial charge on any atom is -0.207 e. The van der Waals surface area contributed by atoms with Crippen LogP contribution in [-0.4, -0.2) is 8.42 Å². The van der Waals surface area contributed by atoms with E-state index in [4.69, 9.17) is 10.7 Å². The highest BCUT2D eigenvalue weighted by atomic mass is 35.7. The highest BCUT2D eigenvalue weighted by Crippen LogP contribution is 2.32. The summed E-state index contributed by atoms with van der Waals surface area (Å²) in [6, 6.07) is 5.32. The molecule has 14 heavy (non-hydrogen) atoms. The van der Waals surface area contributed by atoms with Crippen LogP contribution in [0.1, 0.15) is 18.1 Å². The van der Waals surface area contributed by atoms with E-state index in [1.54, 1.807) is 12.1 Å². The minimum atomic E-state index is -3.58. The van der Waals surface area contributed by atoms with Crippen molar-refractivity contribution in [2.24, 2.45) is 5.92 Å². The number of halogens is 1. The van der Waals surface area contributed by atoms with Crippen LogP contribution in [0.3, 0.4) is 0 Å². The molecule has 0 spiro atoms. The van der Waals surface area contributed by atoms with Crippen molar-refractivity contribution in [3.05, 3.63) is 29.3 Å². The maximum absolute atomic E-state index is 11.3. The summed E-state index contributed by atoms with van der Waals surface area (Å²) in [5.74, 6) is 0.518. The van der Waals surface area contributed by atoms with E-state index < -0.39 is 9.05 Å². The molecule has 0 saturated heterocycles. The standard InChI is InChI=1S/C10H11ClO2S/c1-7-5-8-3-2-4-10(9(8)6-7)14(11,12)13/h2-4,7H,5-6H2,1H3. The molecular formula is C10H11ClO2S. The van der Waals surface area contributed by atoms with Gasteiger partial charge >= 0.3 is 0 Å². The van der Waals surface area contributed by atoms with Crippen molar-refractivity contribution in [1.29, 1.82) is 0 Å². The smallest absolute Gasteiger partial charge is 0.207 e. The first-order valence-corrected chi connectivity index (χ1v) is 6.85. The molecule has 1 aromatic rings. The van der Waals surface area contributed by atoms with Crippen LogP contribution >= 0.6 is 10.7 Å². The highest BCUT2D eigenvalue weighted by molar-refractivity contribution is 8.13. The Hall–Kier alpha value is -0.540. The third-order valence-electron chi connectivity index (χ3n) is 2.61. The van der Waals surface area contributed by atoms with Crippen molar-refractivity contribution >= 4 is 19.7 Å². The first-order valence-electron chi connectivity index (χ1n) is 4.54. The van der Waals surface area contributed by atoms with Crippen molar-refractivity contribution in [2.45, 2.75) is 24.7 Å². The molecule has 4 heteroatoms. The molecule has 0 bridgehead atoms. The summed E-state index contributed by atoms with van der Waals surface area (Å²) in [5.41, 5.74) is 2.04. The number of rotatable bonds is 1. The van der Waals surface area contributed by atoms with E-state index in [-0.39, 0.29) is 0 Å². The summed E-state index contributed by atoms with van der Waals surface area (Å²) in [6.07, 6.45) is 1.77. The average Bonchev–Trinajstić information content (AvgIpc) is 2.41. The van der Waals surface area contributed by atoms with Gasteiger partial charge in [-0.25, -0.2) is 8.42 Å². The summed E-state index contributed by atoms with van der Waals surface area (Å²) < 4.78 is 22.5. The van der Waals surface area contributed by atoms with Crippen LogP contribution in [0.15, 0.2) is 23.1 Å². The van der Waals surface area contributed by atoms with Gasteiger partial charge in [0.1, 0.15) is 0 Å². The predicted octanol–water partition coefficient (Wildman–Crippen LogP) is 2.35. The van der Waals surface area contributed by atoms with Gasteiger partial charge in [0.15, 0.2) is 0 Å². The molecule has 1 aromatic carbocycles. The molecule has 1 atom stereocenters. The van der Waals surface area contributed by atoms with Gasteiger partial charge in [-0.2, -0.15) is 0 Å². The van der Waals surface area contributed by atoms with Crippen molar-refractivity contribution < 1.29 is 8.42 Å². The zero-order chi connectivity index (χ0) is 10.3. The molecule has 0 fully saturated rings. The fourth-order valence-corrected chi connectivity index (χ4v) is 3.24. The van der Waals surface area contributed by atoms with Crippen molar-refractivity contribution in [2.75, 3.05) is 0 Å². The SMILES string of the molecule is CC1Cc2cccc(S(=O)(=O)Cl)c2C1. The van der Waals surface area contributed by atoms with Gasteiger partial charge in [-0.05, 0) is 36.0 Å². The van der Waals surface area contributed by atoms with Crippen LogP contribution in [-0.2, 0) is 21.9 Å². The quantitative estimate of drug-likeness (QED) is 0.694. The van der Waals surface area contributed by atoms with E-state index >= 15 is 0 Å². The first kappa shape index (κ1) is 9.99. The Morgan fingerprint density at radius 3 is 2.71 bits per heavy atom. The lowest BCUT2D eigenvalue weighted by Gasteiger charge is -2.03. The largest absolute Gasteiger partial charge is 0.261 e. The van der Waals surface area contributed by atoms with Crippen LogP contribution in [0.25, 0.3) is 0 Å². The van der Waals surface area contributed by atoms with Crippen LogP contribution in [0.2, 0.25) is 0 Å². The number of hydrogen-bond donors (Lipinski definition) is 0. The summed E-state index contributed by atoms with van der Waals surface area (Å²) in [7, 11) is 1.78. The summed E-state index contributed by atoms with van der Waals surface area (Å²) in [6.45, 7) is 2.12. The Morgan fingerprint density at radius 2 is 2.07 bits per heavy atom.